The van der Waals surface area contributed by atoms with Gasteiger partial charge in [0.15, 0.2) is 0 Å². The number of methoxy groups -OCH3 is 1. The molecular weight excluding hydrogens is 256 g/mol. The van der Waals surface area contributed by atoms with Gasteiger partial charge in [0, 0.05) is 19.2 Å². The minimum Gasteiger partial charge on any atom is -0.480 e. The molecule has 0 heterocycles. The van der Waals surface area contributed by atoms with Gasteiger partial charge >= 0.3 is 5.97 Å². The Labute approximate surface area is 122 Å². The molecule has 1 fully saturated rings. The van der Waals surface area contributed by atoms with Crippen LogP contribution in [-0.2, 0) is 9.53 Å². The van der Waals surface area contributed by atoms with Gasteiger partial charge in [-0.3, -0.25) is 9.69 Å². The van der Waals surface area contributed by atoms with E-state index in [-0.39, 0.29) is 0 Å². The number of nitrogens with zero attached hydrogens (tertiary/aromatic N) is 1. The van der Waals surface area contributed by atoms with Crippen LogP contribution in [0.3, 0.4) is 0 Å². The number of carboxylic acids is 1. The quantitative estimate of drug-likeness (QED) is 0.676. The number of ether oxygens (including phenoxy) is 1. The van der Waals surface area contributed by atoms with Gasteiger partial charge in [-0.15, -0.1) is 0 Å². The van der Waals surface area contributed by atoms with Crippen molar-refractivity contribution >= 4 is 5.97 Å². The zero-order valence-electron chi connectivity index (χ0n) is 13.3. The highest BCUT2D eigenvalue weighted by Crippen LogP contribution is 2.34. The second kappa shape index (κ2) is 7.96. The van der Waals surface area contributed by atoms with Crippen molar-refractivity contribution in [3.63, 3.8) is 0 Å². The Morgan fingerprint density at radius 1 is 1.55 bits per heavy atom. The lowest BCUT2D eigenvalue weighted by Crippen LogP contribution is -2.52. The largest absolute Gasteiger partial charge is 0.480 e. The predicted octanol–water partition coefficient (Wildman–Crippen LogP) is 1.72. The molecule has 0 aromatic carbocycles. The van der Waals surface area contributed by atoms with Crippen LogP contribution in [0.15, 0.2) is 0 Å². The molecule has 0 aromatic heterocycles. The summed E-state index contributed by atoms with van der Waals surface area (Å²) in [4.78, 5) is 14.1. The van der Waals surface area contributed by atoms with Crippen LogP contribution in [0.4, 0.5) is 0 Å². The Hall–Kier alpha value is -0.650. The van der Waals surface area contributed by atoms with E-state index in [1.807, 2.05) is 0 Å². The van der Waals surface area contributed by atoms with Gasteiger partial charge in [-0.1, -0.05) is 13.8 Å². The second-order valence-electron chi connectivity index (χ2n) is 5.85. The van der Waals surface area contributed by atoms with Crippen LogP contribution >= 0.6 is 0 Å². The molecular formula is C15H30N2O3. The van der Waals surface area contributed by atoms with E-state index in [0.29, 0.717) is 31.5 Å². The van der Waals surface area contributed by atoms with Gasteiger partial charge in [0.1, 0.15) is 5.54 Å². The number of likely N-dealkylation sites (N-methyl/N-ethyl adjacent to an activating group) is 1. The van der Waals surface area contributed by atoms with E-state index in [9.17, 15) is 9.90 Å². The van der Waals surface area contributed by atoms with Crippen LogP contribution in [0.25, 0.3) is 0 Å². The number of hydrogen-bond acceptors (Lipinski definition) is 4. The van der Waals surface area contributed by atoms with Crippen molar-refractivity contribution < 1.29 is 14.6 Å². The van der Waals surface area contributed by atoms with Crippen molar-refractivity contribution in [3.8, 4) is 0 Å². The molecule has 5 heteroatoms. The van der Waals surface area contributed by atoms with Gasteiger partial charge in [0.2, 0.25) is 0 Å². The molecule has 3 unspecified atom stereocenters. The van der Waals surface area contributed by atoms with Gasteiger partial charge in [-0.25, -0.2) is 0 Å². The standard InChI is InChI=1S/C15H30N2O3/c1-5-9-16-15(14(18)19)8-7-13(10-15)17(6-2)12(3)11-20-4/h12-13,16H,5-11H2,1-4H3,(H,18,19). The molecule has 1 saturated carbocycles. The first-order valence-corrected chi connectivity index (χ1v) is 7.73. The minimum atomic E-state index is -0.735. The Balaban J connectivity index is 2.73. The average Bonchev–Trinajstić information content (AvgIpc) is 2.83. The Kier molecular flexibility index (Phi) is 6.92. The van der Waals surface area contributed by atoms with E-state index in [4.69, 9.17) is 4.74 Å². The van der Waals surface area contributed by atoms with Gasteiger partial charge in [0.25, 0.3) is 0 Å². The molecule has 0 aliphatic heterocycles. The zero-order chi connectivity index (χ0) is 15.2. The molecule has 0 spiro atoms. The zero-order valence-corrected chi connectivity index (χ0v) is 13.3. The fourth-order valence-corrected chi connectivity index (χ4v) is 3.36. The third-order valence-corrected chi connectivity index (χ3v) is 4.42. The maximum atomic E-state index is 11.7. The second-order valence-corrected chi connectivity index (χ2v) is 5.85. The summed E-state index contributed by atoms with van der Waals surface area (Å²) in [5.74, 6) is -0.705. The maximum absolute atomic E-state index is 11.7. The minimum absolute atomic E-state index is 0.325. The molecule has 1 aliphatic carbocycles. The van der Waals surface area contributed by atoms with E-state index in [1.165, 1.54) is 0 Å². The third-order valence-electron chi connectivity index (χ3n) is 4.42. The van der Waals surface area contributed by atoms with E-state index < -0.39 is 11.5 Å². The van der Waals surface area contributed by atoms with Crippen molar-refractivity contribution in [1.29, 1.82) is 0 Å². The average molecular weight is 286 g/mol. The lowest BCUT2D eigenvalue weighted by Gasteiger charge is -2.34. The maximum Gasteiger partial charge on any atom is 0.323 e. The van der Waals surface area contributed by atoms with Crippen LogP contribution in [0.2, 0.25) is 0 Å². The summed E-state index contributed by atoms with van der Waals surface area (Å²) in [7, 11) is 1.71. The lowest BCUT2D eigenvalue weighted by molar-refractivity contribution is -0.144. The number of carbonyl (C=O) groups is 1. The highest BCUT2D eigenvalue weighted by atomic mass is 16.5. The van der Waals surface area contributed by atoms with Crippen LogP contribution in [0.5, 0.6) is 0 Å². The van der Waals surface area contributed by atoms with Gasteiger partial charge < -0.3 is 15.2 Å². The molecule has 0 radical (unpaired) electrons. The first-order valence-electron chi connectivity index (χ1n) is 7.73. The van der Waals surface area contributed by atoms with Gasteiger partial charge in [0.05, 0.1) is 6.61 Å². The number of hydrogen-bond donors (Lipinski definition) is 2. The Morgan fingerprint density at radius 3 is 2.75 bits per heavy atom. The van der Waals surface area contributed by atoms with Crippen molar-refractivity contribution in [2.45, 2.75) is 64.1 Å². The van der Waals surface area contributed by atoms with Gasteiger partial charge in [-0.2, -0.15) is 0 Å². The SMILES string of the molecule is CCCNC1(C(=O)O)CCC(N(CC)C(C)COC)C1. The van der Waals surface area contributed by atoms with E-state index in [1.54, 1.807) is 7.11 Å². The molecule has 20 heavy (non-hydrogen) atoms. The van der Waals surface area contributed by atoms with Crippen LogP contribution in [0, 0.1) is 0 Å². The third kappa shape index (κ3) is 3.93. The van der Waals surface area contributed by atoms with Crippen molar-refractivity contribution in [2.24, 2.45) is 0 Å². The van der Waals surface area contributed by atoms with Crippen LogP contribution in [0.1, 0.15) is 46.5 Å². The summed E-state index contributed by atoms with van der Waals surface area (Å²) in [5, 5.41) is 12.9. The first-order chi connectivity index (χ1) is 9.50. The molecule has 5 nitrogen and oxygen atoms in total. The summed E-state index contributed by atoms with van der Waals surface area (Å²) in [6.45, 7) is 8.72. The summed E-state index contributed by atoms with van der Waals surface area (Å²) in [6, 6.07) is 0.649. The monoisotopic (exact) mass is 286 g/mol. The highest BCUT2D eigenvalue weighted by molar-refractivity contribution is 5.79. The summed E-state index contributed by atoms with van der Waals surface area (Å²) < 4.78 is 5.24. The summed E-state index contributed by atoms with van der Waals surface area (Å²) in [5.41, 5.74) is -0.735. The molecule has 0 bridgehead atoms. The summed E-state index contributed by atoms with van der Waals surface area (Å²) >= 11 is 0. The van der Waals surface area contributed by atoms with Crippen molar-refractivity contribution in [2.75, 3.05) is 26.8 Å². The highest BCUT2D eigenvalue weighted by Gasteiger charge is 2.46. The molecule has 0 amide bonds. The number of nitrogens with one attached hydrogen (secondary N) is 1. The molecule has 1 rings (SSSR count). The Morgan fingerprint density at radius 2 is 2.25 bits per heavy atom. The smallest absolute Gasteiger partial charge is 0.323 e. The van der Waals surface area contributed by atoms with Crippen molar-refractivity contribution in [1.82, 2.24) is 10.2 Å². The van der Waals surface area contributed by atoms with E-state index >= 15 is 0 Å². The fraction of sp³-hybridized carbons (Fsp3) is 0.933. The molecule has 2 N–H and O–H groups in total. The number of aliphatic carboxylic acids is 1. The molecule has 0 aromatic rings. The van der Waals surface area contributed by atoms with Crippen LogP contribution in [-0.4, -0.2) is 60.4 Å². The Bertz CT molecular complexity index is 311. The predicted molar refractivity (Wildman–Crippen MR) is 80.0 cm³/mol. The molecule has 118 valence electrons. The van der Waals surface area contributed by atoms with Crippen LogP contribution < -0.4 is 5.32 Å². The van der Waals surface area contributed by atoms with Crippen molar-refractivity contribution in [3.05, 3.63) is 0 Å². The topological polar surface area (TPSA) is 61.8 Å². The fourth-order valence-electron chi connectivity index (χ4n) is 3.36. The number of carboxylic acid groups (broad SMARTS) is 1. The first kappa shape index (κ1) is 17.4. The normalized spacial score (nSPS) is 27.9. The molecule has 3 atom stereocenters. The van der Waals surface area contributed by atoms with Gasteiger partial charge in [-0.05, 0) is 45.7 Å². The lowest BCUT2D eigenvalue weighted by atomic mass is 9.97. The summed E-state index contributed by atoms with van der Waals surface area (Å²) in [6.07, 6.45) is 3.29. The number of rotatable bonds is 9. The van der Waals surface area contributed by atoms with E-state index in [0.717, 1.165) is 25.9 Å². The molecule has 0 saturated heterocycles. The van der Waals surface area contributed by atoms with E-state index in [2.05, 4.69) is 31.0 Å². The molecule has 1 aliphatic rings.